The zero-order chi connectivity index (χ0) is 22.1. The molecule has 3 aliphatic rings. The molecule has 6 heteroatoms. The Morgan fingerprint density at radius 2 is 1.97 bits per heavy atom. The second-order valence-corrected chi connectivity index (χ2v) is 10.2. The second kappa shape index (κ2) is 9.46. The largest absolute Gasteiger partial charge is 0.368 e. The van der Waals surface area contributed by atoms with Gasteiger partial charge in [0.2, 0.25) is 0 Å². The SMILES string of the molecule is CC(=S)N1CCN(c2cccc3c2C[C@H](CN(C)[C@H]2CCCc4cccnc42)NC3)CC1. The van der Waals surface area contributed by atoms with Crippen molar-refractivity contribution < 1.29 is 0 Å². The van der Waals surface area contributed by atoms with Crippen LogP contribution >= 0.6 is 12.2 Å². The molecule has 1 aromatic heterocycles. The minimum atomic E-state index is 0.435. The molecule has 170 valence electrons. The normalized spacial score (nSPS) is 23.1. The Bertz CT molecular complexity index is 968. The number of fused-ring (bicyclic) bond motifs is 2. The molecular formula is C26H35N5S. The molecule has 0 saturated carbocycles. The standard InChI is InChI=1S/C26H35N5S/c1-19(32)30-12-14-31(15-13-30)24-9-4-7-21-17-28-22(16-23(21)24)18-29(2)25-10-3-6-20-8-5-11-27-26(20)25/h4-5,7-9,11,22,25,28H,3,6,10,12-18H2,1-2H3/t22-,25+/m1/s1. The first kappa shape index (κ1) is 21.8. The van der Waals surface area contributed by atoms with Crippen LogP contribution in [0.2, 0.25) is 0 Å². The van der Waals surface area contributed by atoms with Crippen LogP contribution in [0.15, 0.2) is 36.5 Å². The van der Waals surface area contributed by atoms with Crippen molar-refractivity contribution in [3.63, 3.8) is 0 Å². The molecule has 1 N–H and O–H groups in total. The van der Waals surface area contributed by atoms with Crippen molar-refractivity contribution in [2.45, 2.75) is 51.2 Å². The van der Waals surface area contributed by atoms with Gasteiger partial charge < -0.3 is 15.1 Å². The predicted octanol–water partition coefficient (Wildman–Crippen LogP) is 3.57. The number of hydrogen-bond donors (Lipinski definition) is 1. The van der Waals surface area contributed by atoms with E-state index < -0.39 is 0 Å². The Morgan fingerprint density at radius 3 is 2.78 bits per heavy atom. The molecule has 0 bridgehead atoms. The summed E-state index contributed by atoms with van der Waals surface area (Å²) in [6.45, 7) is 8.20. The number of hydrogen-bond acceptors (Lipinski definition) is 5. The maximum atomic E-state index is 5.39. The molecule has 3 heterocycles. The summed E-state index contributed by atoms with van der Waals surface area (Å²) in [5.41, 5.74) is 7.16. The van der Waals surface area contributed by atoms with Crippen molar-refractivity contribution in [3.8, 4) is 0 Å². The summed E-state index contributed by atoms with van der Waals surface area (Å²) >= 11 is 5.39. The topological polar surface area (TPSA) is 34.6 Å². The van der Waals surface area contributed by atoms with Crippen LogP contribution < -0.4 is 10.2 Å². The Morgan fingerprint density at radius 1 is 1.16 bits per heavy atom. The molecule has 0 spiro atoms. The minimum absolute atomic E-state index is 0.435. The smallest absolute Gasteiger partial charge is 0.0749 e. The predicted molar refractivity (Wildman–Crippen MR) is 135 cm³/mol. The highest BCUT2D eigenvalue weighted by molar-refractivity contribution is 7.80. The fourth-order valence-corrected chi connectivity index (χ4v) is 5.95. The van der Waals surface area contributed by atoms with E-state index in [-0.39, 0.29) is 0 Å². The van der Waals surface area contributed by atoms with E-state index in [1.54, 1.807) is 5.56 Å². The Hall–Kier alpha value is -2.02. The Kier molecular flexibility index (Phi) is 6.44. The van der Waals surface area contributed by atoms with Gasteiger partial charge in [-0.2, -0.15) is 0 Å². The first-order valence-electron chi connectivity index (χ1n) is 12.1. The average Bonchev–Trinajstić information content (AvgIpc) is 2.83. The number of pyridine rings is 1. The molecular weight excluding hydrogens is 414 g/mol. The molecule has 32 heavy (non-hydrogen) atoms. The lowest BCUT2D eigenvalue weighted by Gasteiger charge is -2.40. The number of piperazine rings is 1. The van der Waals surface area contributed by atoms with Crippen molar-refractivity contribution in [1.82, 2.24) is 20.1 Å². The van der Waals surface area contributed by atoms with Crippen molar-refractivity contribution in [2.24, 2.45) is 0 Å². The van der Waals surface area contributed by atoms with Gasteiger partial charge in [0.05, 0.1) is 16.7 Å². The summed E-state index contributed by atoms with van der Waals surface area (Å²) in [5.74, 6) is 0. The van der Waals surface area contributed by atoms with E-state index in [0.29, 0.717) is 12.1 Å². The Labute approximate surface area is 197 Å². The van der Waals surface area contributed by atoms with Gasteiger partial charge in [-0.3, -0.25) is 9.88 Å². The Balaban J connectivity index is 1.28. The van der Waals surface area contributed by atoms with E-state index in [1.165, 1.54) is 41.8 Å². The third-order valence-electron chi connectivity index (χ3n) is 7.55. The summed E-state index contributed by atoms with van der Waals surface area (Å²) in [6.07, 6.45) is 6.67. The molecule has 1 aromatic carbocycles. The van der Waals surface area contributed by atoms with Gasteiger partial charge in [-0.25, -0.2) is 0 Å². The van der Waals surface area contributed by atoms with E-state index in [1.807, 2.05) is 13.1 Å². The summed E-state index contributed by atoms with van der Waals surface area (Å²) in [6, 6.07) is 12.1. The third-order valence-corrected chi connectivity index (χ3v) is 7.81. The number of thiocarbonyl (C=S) groups is 1. The van der Waals surface area contributed by atoms with Crippen LogP contribution in [0.3, 0.4) is 0 Å². The maximum absolute atomic E-state index is 5.39. The molecule has 2 atom stereocenters. The summed E-state index contributed by atoms with van der Waals surface area (Å²) in [4.78, 5) is 13.2. The zero-order valence-corrected chi connectivity index (χ0v) is 20.2. The van der Waals surface area contributed by atoms with Crippen LogP contribution in [0, 0.1) is 0 Å². The molecule has 5 nitrogen and oxygen atoms in total. The van der Waals surface area contributed by atoms with Gasteiger partial charge in [0.15, 0.2) is 0 Å². The van der Waals surface area contributed by atoms with Crippen molar-refractivity contribution in [3.05, 3.63) is 58.9 Å². The van der Waals surface area contributed by atoms with Crippen LogP contribution in [0.4, 0.5) is 5.69 Å². The summed E-state index contributed by atoms with van der Waals surface area (Å²) < 4.78 is 0. The number of rotatable bonds is 4. The quantitative estimate of drug-likeness (QED) is 0.719. The van der Waals surface area contributed by atoms with Gasteiger partial charge in [-0.05, 0) is 68.5 Å². The van der Waals surface area contributed by atoms with Crippen LogP contribution in [0.25, 0.3) is 0 Å². The first-order valence-corrected chi connectivity index (χ1v) is 12.5. The minimum Gasteiger partial charge on any atom is -0.368 e. The van der Waals surface area contributed by atoms with Gasteiger partial charge in [-0.1, -0.05) is 30.4 Å². The van der Waals surface area contributed by atoms with E-state index in [9.17, 15) is 0 Å². The molecule has 0 unspecified atom stereocenters. The molecule has 1 saturated heterocycles. The molecule has 5 rings (SSSR count). The molecule has 0 amide bonds. The number of likely N-dealkylation sites (N-methyl/N-ethyl adjacent to an activating group) is 1. The van der Waals surface area contributed by atoms with Gasteiger partial charge in [0, 0.05) is 57.2 Å². The van der Waals surface area contributed by atoms with Gasteiger partial charge in [-0.15, -0.1) is 0 Å². The second-order valence-electron chi connectivity index (χ2n) is 9.59. The summed E-state index contributed by atoms with van der Waals surface area (Å²) in [7, 11) is 2.28. The lowest BCUT2D eigenvalue weighted by atomic mass is 9.89. The highest BCUT2D eigenvalue weighted by Crippen LogP contribution is 2.33. The first-order chi connectivity index (χ1) is 15.6. The van der Waals surface area contributed by atoms with Gasteiger partial charge in [0.1, 0.15) is 0 Å². The molecule has 1 aliphatic carbocycles. The zero-order valence-electron chi connectivity index (χ0n) is 19.4. The van der Waals surface area contributed by atoms with Crippen LogP contribution in [0.1, 0.15) is 48.2 Å². The molecule has 1 fully saturated rings. The fourth-order valence-electron chi connectivity index (χ4n) is 5.77. The lowest BCUT2D eigenvalue weighted by Crippen LogP contribution is -2.49. The van der Waals surface area contributed by atoms with Crippen molar-refractivity contribution in [1.29, 1.82) is 0 Å². The van der Waals surface area contributed by atoms with Crippen LogP contribution in [-0.4, -0.2) is 65.6 Å². The van der Waals surface area contributed by atoms with Gasteiger partial charge >= 0.3 is 0 Å². The maximum Gasteiger partial charge on any atom is 0.0749 e. The fraction of sp³-hybridized carbons (Fsp3) is 0.538. The van der Waals surface area contributed by atoms with Crippen LogP contribution in [0.5, 0.6) is 0 Å². The summed E-state index contributed by atoms with van der Waals surface area (Å²) in [5, 5.41) is 3.82. The van der Waals surface area contributed by atoms with E-state index in [0.717, 1.165) is 50.7 Å². The van der Waals surface area contributed by atoms with E-state index in [4.69, 9.17) is 17.2 Å². The number of aryl methyl sites for hydroxylation is 1. The van der Waals surface area contributed by atoms with Crippen molar-refractivity contribution in [2.75, 3.05) is 44.7 Å². The highest BCUT2D eigenvalue weighted by Gasteiger charge is 2.29. The van der Waals surface area contributed by atoms with Gasteiger partial charge in [0.25, 0.3) is 0 Å². The lowest BCUT2D eigenvalue weighted by molar-refractivity contribution is 0.191. The number of nitrogens with one attached hydrogen (secondary N) is 1. The number of aromatic nitrogens is 1. The van der Waals surface area contributed by atoms with E-state index >= 15 is 0 Å². The average molecular weight is 450 g/mol. The van der Waals surface area contributed by atoms with Crippen molar-refractivity contribution >= 4 is 22.9 Å². The molecule has 2 aliphatic heterocycles. The third kappa shape index (κ3) is 4.41. The number of benzene rings is 1. The van der Waals surface area contributed by atoms with E-state index in [2.05, 4.69) is 57.4 Å². The van der Waals surface area contributed by atoms with Crippen LogP contribution in [-0.2, 0) is 19.4 Å². The number of anilines is 1. The highest BCUT2D eigenvalue weighted by atomic mass is 32.1. The molecule has 0 radical (unpaired) electrons. The number of nitrogens with zero attached hydrogens (tertiary/aromatic N) is 4. The molecule has 2 aromatic rings. The monoisotopic (exact) mass is 449 g/mol.